The maximum absolute atomic E-state index is 9.18. The van der Waals surface area contributed by atoms with Crippen LogP contribution in [0.2, 0.25) is 0 Å². The van der Waals surface area contributed by atoms with Gasteiger partial charge >= 0.3 is 0 Å². The van der Waals surface area contributed by atoms with Crippen LogP contribution in [0.4, 0.5) is 0 Å². The number of aromatic nitrogens is 3. The summed E-state index contributed by atoms with van der Waals surface area (Å²) in [6.07, 6.45) is 0.675. The van der Waals surface area contributed by atoms with Crippen molar-refractivity contribution in [2.75, 3.05) is 7.11 Å². The summed E-state index contributed by atoms with van der Waals surface area (Å²) in [5, 5.41) is 17.3. The van der Waals surface area contributed by atoms with Gasteiger partial charge in [-0.2, -0.15) is 0 Å². The predicted molar refractivity (Wildman–Crippen MR) is 61.1 cm³/mol. The monoisotopic (exact) mass is 227 g/mol. The van der Waals surface area contributed by atoms with Crippen molar-refractivity contribution in [1.29, 1.82) is 0 Å². The van der Waals surface area contributed by atoms with Crippen molar-refractivity contribution < 1.29 is 9.84 Å². The molecule has 0 aromatic carbocycles. The van der Waals surface area contributed by atoms with Gasteiger partial charge in [-0.15, -0.1) is 10.2 Å². The number of aliphatic hydroxyl groups excluding tert-OH is 1. The average molecular weight is 227 g/mol. The smallest absolute Gasteiger partial charge is 0.159 e. The first-order chi connectivity index (χ1) is 7.41. The molecule has 1 aromatic heterocycles. The Bertz CT molecular complexity index is 345. The van der Waals surface area contributed by atoms with Crippen LogP contribution in [0.3, 0.4) is 0 Å². The van der Waals surface area contributed by atoms with Gasteiger partial charge < -0.3 is 14.4 Å². The van der Waals surface area contributed by atoms with Crippen molar-refractivity contribution in [3.8, 4) is 0 Å². The Morgan fingerprint density at radius 3 is 2.31 bits per heavy atom. The quantitative estimate of drug-likeness (QED) is 0.824. The molecule has 92 valence electrons. The minimum absolute atomic E-state index is 0.0847. The lowest BCUT2D eigenvalue weighted by atomic mass is 10.0. The summed E-state index contributed by atoms with van der Waals surface area (Å²) in [5.74, 6) is 1.46. The van der Waals surface area contributed by atoms with Crippen LogP contribution < -0.4 is 0 Å². The molecule has 0 aliphatic heterocycles. The Morgan fingerprint density at radius 1 is 1.31 bits per heavy atom. The van der Waals surface area contributed by atoms with Gasteiger partial charge in [-0.1, -0.05) is 0 Å². The number of hydrogen-bond donors (Lipinski definition) is 1. The van der Waals surface area contributed by atoms with Gasteiger partial charge in [0.2, 0.25) is 0 Å². The van der Waals surface area contributed by atoms with E-state index in [1.165, 1.54) is 0 Å². The second-order valence-electron chi connectivity index (χ2n) is 4.79. The summed E-state index contributed by atoms with van der Waals surface area (Å²) < 4.78 is 7.33. The van der Waals surface area contributed by atoms with E-state index in [2.05, 4.69) is 10.2 Å². The van der Waals surface area contributed by atoms with Gasteiger partial charge in [-0.25, -0.2) is 0 Å². The molecule has 0 amide bonds. The summed E-state index contributed by atoms with van der Waals surface area (Å²) in [5.41, 5.74) is -0.271. The Morgan fingerprint density at radius 2 is 1.88 bits per heavy atom. The standard InChI is InChI=1S/C11H21N3O2/c1-8(2)14-9(6-11(3,4)16-5)12-13-10(14)7-15/h8,15H,6-7H2,1-5H3. The number of aliphatic hydroxyl groups is 1. The largest absolute Gasteiger partial charge is 0.388 e. The molecule has 0 spiro atoms. The molecule has 0 radical (unpaired) electrons. The molecule has 0 atom stereocenters. The highest BCUT2D eigenvalue weighted by atomic mass is 16.5. The maximum Gasteiger partial charge on any atom is 0.159 e. The zero-order valence-electron chi connectivity index (χ0n) is 10.7. The van der Waals surface area contributed by atoms with E-state index in [4.69, 9.17) is 4.74 Å². The average Bonchev–Trinajstić information content (AvgIpc) is 2.60. The Labute approximate surface area is 96.5 Å². The number of hydrogen-bond acceptors (Lipinski definition) is 4. The van der Waals surface area contributed by atoms with E-state index in [1.807, 2.05) is 32.3 Å². The number of rotatable bonds is 5. The van der Waals surface area contributed by atoms with Crippen LogP contribution in [0, 0.1) is 0 Å². The highest BCUT2D eigenvalue weighted by Gasteiger charge is 2.23. The molecule has 0 saturated heterocycles. The van der Waals surface area contributed by atoms with Crippen LogP contribution >= 0.6 is 0 Å². The van der Waals surface area contributed by atoms with Gasteiger partial charge in [-0.05, 0) is 27.7 Å². The molecule has 0 aliphatic carbocycles. The lowest BCUT2D eigenvalue weighted by Gasteiger charge is -2.23. The summed E-state index contributed by atoms with van der Waals surface area (Å²) in [7, 11) is 1.68. The minimum atomic E-state index is -0.271. The first-order valence-corrected chi connectivity index (χ1v) is 5.50. The third-order valence-corrected chi connectivity index (χ3v) is 2.63. The Hall–Kier alpha value is -0.940. The second kappa shape index (κ2) is 4.93. The van der Waals surface area contributed by atoms with E-state index in [0.29, 0.717) is 12.2 Å². The second-order valence-corrected chi connectivity index (χ2v) is 4.79. The Kier molecular flexibility index (Phi) is 4.04. The van der Waals surface area contributed by atoms with Crippen molar-refractivity contribution in [3.63, 3.8) is 0 Å². The molecule has 5 heteroatoms. The molecule has 0 aliphatic rings. The highest BCUT2D eigenvalue weighted by molar-refractivity contribution is 5.00. The molecule has 16 heavy (non-hydrogen) atoms. The summed E-state index contributed by atoms with van der Waals surface area (Å²) >= 11 is 0. The van der Waals surface area contributed by atoms with Crippen molar-refractivity contribution >= 4 is 0 Å². The van der Waals surface area contributed by atoms with Gasteiger partial charge in [0.05, 0.1) is 5.60 Å². The van der Waals surface area contributed by atoms with E-state index < -0.39 is 0 Å². The topological polar surface area (TPSA) is 60.2 Å². The molecule has 0 unspecified atom stereocenters. The molecule has 5 nitrogen and oxygen atoms in total. The highest BCUT2D eigenvalue weighted by Crippen LogP contribution is 2.18. The lowest BCUT2D eigenvalue weighted by molar-refractivity contribution is 0.0206. The minimum Gasteiger partial charge on any atom is -0.388 e. The molecule has 0 saturated carbocycles. The van der Waals surface area contributed by atoms with Gasteiger partial charge in [0.1, 0.15) is 12.4 Å². The van der Waals surface area contributed by atoms with E-state index in [1.54, 1.807) is 7.11 Å². The maximum atomic E-state index is 9.18. The van der Waals surface area contributed by atoms with Crippen LogP contribution in [0.5, 0.6) is 0 Å². The molecule has 0 fully saturated rings. The predicted octanol–water partition coefficient (Wildman–Crippen LogP) is 1.32. The zero-order valence-corrected chi connectivity index (χ0v) is 10.7. The third-order valence-electron chi connectivity index (χ3n) is 2.63. The van der Waals surface area contributed by atoms with E-state index >= 15 is 0 Å². The van der Waals surface area contributed by atoms with E-state index in [-0.39, 0.29) is 18.2 Å². The van der Waals surface area contributed by atoms with Gasteiger partial charge in [0.25, 0.3) is 0 Å². The molecule has 0 bridgehead atoms. The normalized spacial score (nSPS) is 12.4. The molecule has 1 rings (SSSR count). The first kappa shape index (κ1) is 13.1. The molecule has 1 N–H and O–H groups in total. The summed E-state index contributed by atoms with van der Waals surface area (Å²) in [4.78, 5) is 0. The van der Waals surface area contributed by atoms with E-state index in [9.17, 15) is 5.11 Å². The molecular formula is C11H21N3O2. The molecule has 1 heterocycles. The van der Waals surface area contributed by atoms with Gasteiger partial charge in [0.15, 0.2) is 5.82 Å². The first-order valence-electron chi connectivity index (χ1n) is 5.50. The molecule has 1 aromatic rings. The third kappa shape index (κ3) is 2.80. The van der Waals surface area contributed by atoms with Crippen LogP contribution in [0.15, 0.2) is 0 Å². The van der Waals surface area contributed by atoms with Crippen molar-refractivity contribution in [2.24, 2.45) is 0 Å². The van der Waals surface area contributed by atoms with Crippen LogP contribution in [-0.2, 0) is 17.8 Å². The summed E-state index contributed by atoms with van der Waals surface area (Å²) in [6, 6.07) is 0.236. The van der Waals surface area contributed by atoms with Crippen LogP contribution in [-0.4, -0.2) is 32.6 Å². The van der Waals surface area contributed by atoms with E-state index in [0.717, 1.165) is 5.82 Å². The number of nitrogens with zero attached hydrogens (tertiary/aromatic N) is 3. The van der Waals surface area contributed by atoms with Crippen LogP contribution in [0.1, 0.15) is 45.4 Å². The Balaban J connectivity index is 3.01. The fourth-order valence-electron chi connectivity index (χ4n) is 1.64. The van der Waals surface area contributed by atoms with Gasteiger partial charge in [-0.3, -0.25) is 0 Å². The van der Waals surface area contributed by atoms with Crippen molar-refractivity contribution in [2.45, 2.75) is 52.4 Å². The summed E-state index contributed by atoms with van der Waals surface area (Å²) in [6.45, 7) is 8.02. The van der Waals surface area contributed by atoms with Crippen molar-refractivity contribution in [1.82, 2.24) is 14.8 Å². The van der Waals surface area contributed by atoms with Crippen LogP contribution in [0.25, 0.3) is 0 Å². The zero-order chi connectivity index (χ0) is 12.3. The number of ether oxygens (including phenoxy) is 1. The van der Waals surface area contributed by atoms with Crippen molar-refractivity contribution in [3.05, 3.63) is 11.6 Å². The SMILES string of the molecule is COC(C)(C)Cc1nnc(CO)n1C(C)C. The number of methoxy groups -OCH3 is 1. The fraction of sp³-hybridized carbons (Fsp3) is 0.818. The van der Waals surface area contributed by atoms with Gasteiger partial charge in [0, 0.05) is 19.6 Å². The lowest BCUT2D eigenvalue weighted by Crippen LogP contribution is -2.28. The fourth-order valence-corrected chi connectivity index (χ4v) is 1.64. The molecular weight excluding hydrogens is 206 g/mol.